The maximum Gasteiger partial charge on any atom is 0.225 e. The molecular formula is C8H8N6O. The summed E-state index contributed by atoms with van der Waals surface area (Å²) < 4.78 is 0. The van der Waals surface area contributed by atoms with Crippen LogP contribution in [0, 0.1) is 0 Å². The molecule has 0 aliphatic carbocycles. The minimum atomic E-state index is 0.503. The lowest BCUT2D eigenvalue weighted by atomic mass is 10.3. The molecule has 0 aliphatic rings. The highest BCUT2D eigenvalue weighted by atomic mass is 16.1. The van der Waals surface area contributed by atoms with Crippen molar-refractivity contribution in [2.45, 2.75) is 0 Å². The maximum absolute atomic E-state index is 10.0. The largest absolute Gasteiger partial charge is 0.281 e. The van der Waals surface area contributed by atoms with Gasteiger partial charge in [0.15, 0.2) is 5.82 Å². The van der Waals surface area contributed by atoms with Gasteiger partial charge in [-0.2, -0.15) is 5.10 Å². The number of hydrogen-bond donors (Lipinski definition) is 3. The van der Waals surface area contributed by atoms with Gasteiger partial charge in [-0.3, -0.25) is 30.7 Å². The van der Waals surface area contributed by atoms with Crippen molar-refractivity contribution in [1.82, 2.24) is 25.6 Å². The maximum atomic E-state index is 10.0. The Balaban J connectivity index is 2.17. The summed E-state index contributed by atoms with van der Waals surface area (Å²) in [6, 6.07) is 1.71. The molecule has 7 nitrogen and oxygen atoms in total. The third-order valence-corrected chi connectivity index (χ3v) is 1.68. The van der Waals surface area contributed by atoms with Crippen molar-refractivity contribution in [2.75, 3.05) is 5.43 Å². The highest BCUT2D eigenvalue weighted by molar-refractivity contribution is 5.59. The van der Waals surface area contributed by atoms with E-state index < -0.39 is 0 Å². The van der Waals surface area contributed by atoms with Crippen LogP contribution in [0.4, 0.5) is 5.82 Å². The van der Waals surface area contributed by atoms with Gasteiger partial charge < -0.3 is 0 Å². The van der Waals surface area contributed by atoms with Crippen molar-refractivity contribution in [1.29, 1.82) is 0 Å². The molecule has 0 unspecified atom stereocenters. The van der Waals surface area contributed by atoms with Crippen LogP contribution in [0.15, 0.2) is 24.7 Å². The molecular weight excluding hydrogens is 196 g/mol. The zero-order valence-electron chi connectivity index (χ0n) is 7.64. The molecule has 0 aliphatic heterocycles. The Labute approximate surface area is 84.9 Å². The number of nitrogens with one attached hydrogen (secondary N) is 3. The first-order chi connectivity index (χ1) is 7.40. The third kappa shape index (κ3) is 2.08. The predicted molar refractivity (Wildman–Crippen MR) is 52.4 cm³/mol. The first-order valence-corrected chi connectivity index (χ1v) is 4.17. The van der Waals surface area contributed by atoms with E-state index in [1.165, 1.54) is 0 Å². The summed E-state index contributed by atoms with van der Waals surface area (Å²) in [5.74, 6) is 0.503. The van der Waals surface area contributed by atoms with E-state index in [-0.39, 0.29) is 0 Å². The van der Waals surface area contributed by atoms with Crippen molar-refractivity contribution < 1.29 is 4.79 Å². The van der Waals surface area contributed by atoms with Crippen LogP contribution in [-0.2, 0) is 4.79 Å². The zero-order valence-corrected chi connectivity index (χ0v) is 7.64. The van der Waals surface area contributed by atoms with Gasteiger partial charge in [-0.25, -0.2) is 0 Å². The van der Waals surface area contributed by atoms with E-state index in [9.17, 15) is 4.79 Å². The van der Waals surface area contributed by atoms with Crippen molar-refractivity contribution in [3.8, 4) is 11.4 Å². The lowest BCUT2D eigenvalue weighted by molar-refractivity contribution is -0.109. The van der Waals surface area contributed by atoms with Crippen LogP contribution in [0.5, 0.6) is 0 Å². The molecule has 2 aromatic rings. The van der Waals surface area contributed by atoms with Crippen LogP contribution in [0.3, 0.4) is 0 Å². The van der Waals surface area contributed by atoms with Gasteiger partial charge in [-0.15, -0.1) is 0 Å². The van der Waals surface area contributed by atoms with E-state index in [4.69, 9.17) is 0 Å². The van der Waals surface area contributed by atoms with Crippen molar-refractivity contribution in [3.63, 3.8) is 0 Å². The van der Waals surface area contributed by atoms with Crippen molar-refractivity contribution in [2.24, 2.45) is 0 Å². The molecule has 0 spiro atoms. The monoisotopic (exact) mass is 204 g/mol. The average molecular weight is 204 g/mol. The molecule has 2 heterocycles. The lowest BCUT2D eigenvalue weighted by Crippen LogP contribution is -2.18. The molecule has 76 valence electrons. The number of carbonyl (C=O) groups is 1. The van der Waals surface area contributed by atoms with Gasteiger partial charge in [-0.05, 0) is 0 Å². The summed E-state index contributed by atoms with van der Waals surface area (Å²) in [4.78, 5) is 18.0. The van der Waals surface area contributed by atoms with Crippen molar-refractivity contribution >= 4 is 12.2 Å². The Morgan fingerprint density at radius 1 is 1.40 bits per heavy atom. The second-order valence-electron chi connectivity index (χ2n) is 2.64. The van der Waals surface area contributed by atoms with Crippen LogP contribution in [0.1, 0.15) is 0 Å². The summed E-state index contributed by atoms with van der Waals surface area (Å²) in [5, 5.41) is 6.66. The summed E-state index contributed by atoms with van der Waals surface area (Å²) in [6.07, 6.45) is 5.32. The minimum absolute atomic E-state index is 0.503. The smallest absolute Gasteiger partial charge is 0.225 e. The molecule has 0 atom stereocenters. The van der Waals surface area contributed by atoms with Gasteiger partial charge in [0.1, 0.15) is 5.69 Å². The lowest BCUT2D eigenvalue weighted by Gasteiger charge is -1.95. The molecule has 15 heavy (non-hydrogen) atoms. The Morgan fingerprint density at radius 3 is 3.07 bits per heavy atom. The van der Waals surface area contributed by atoms with Crippen LogP contribution in [0.2, 0.25) is 0 Å². The topological polar surface area (TPSA) is 95.6 Å². The normalized spacial score (nSPS) is 9.60. The number of anilines is 1. The molecule has 0 saturated carbocycles. The Bertz CT molecular complexity index is 439. The van der Waals surface area contributed by atoms with Gasteiger partial charge in [0.2, 0.25) is 6.41 Å². The highest BCUT2D eigenvalue weighted by Gasteiger charge is 2.03. The number of H-pyrrole nitrogens is 1. The number of hydrazine groups is 1. The fourth-order valence-corrected chi connectivity index (χ4v) is 1.06. The molecule has 3 N–H and O–H groups in total. The fourth-order valence-electron chi connectivity index (χ4n) is 1.06. The molecule has 2 aromatic heterocycles. The minimum Gasteiger partial charge on any atom is -0.281 e. The van der Waals surface area contributed by atoms with Gasteiger partial charge in [0, 0.05) is 18.5 Å². The quantitative estimate of drug-likeness (QED) is 0.479. The Morgan fingerprint density at radius 2 is 2.33 bits per heavy atom. The molecule has 0 radical (unpaired) electrons. The SMILES string of the molecule is O=CNNc1cc(-c2cnccn2)[nH]n1. The molecule has 0 aromatic carbocycles. The highest BCUT2D eigenvalue weighted by Crippen LogP contribution is 2.14. The molecule has 2 rings (SSSR count). The summed E-state index contributed by atoms with van der Waals surface area (Å²) >= 11 is 0. The number of hydrogen-bond acceptors (Lipinski definition) is 5. The number of rotatable bonds is 4. The van der Waals surface area contributed by atoms with E-state index in [1.54, 1.807) is 24.7 Å². The number of amides is 1. The summed E-state index contributed by atoms with van der Waals surface area (Å²) in [6.45, 7) is 0. The van der Waals surface area contributed by atoms with Crippen molar-refractivity contribution in [3.05, 3.63) is 24.7 Å². The fraction of sp³-hybridized carbons (Fsp3) is 0. The summed E-state index contributed by atoms with van der Waals surface area (Å²) in [5.41, 5.74) is 6.26. The molecule has 7 heteroatoms. The average Bonchev–Trinajstić information content (AvgIpc) is 2.76. The standard InChI is InChI=1S/C8H8N6O/c15-5-11-13-8-3-6(12-14-8)7-4-9-1-2-10-7/h1-5H,(H,11,15)(H2,12,13,14). The number of aromatic nitrogens is 4. The van der Waals surface area contributed by atoms with Crippen LogP contribution in [-0.4, -0.2) is 26.6 Å². The number of carbonyl (C=O) groups excluding carboxylic acids is 1. The van der Waals surface area contributed by atoms with E-state index >= 15 is 0 Å². The van der Waals surface area contributed by atoms with Gasteiger partial charge in [0.25, 0.3) is 0 Å². The predicted octanol–water partition coefficient (Wildman–Crippen LogP) is -0.0604. The number of aromatic amines is 1. The molecule has 1 amide bonds. The molecule has 0 fully saturated rings. The second-order valence-corrected chi connectivity index (χ2v) is 2.64. The van der Waals surface area contributed by atoms with Crippen LogP contribution >= 0.6 is 0 Å². The van der Waals surface area contributed by atoms with Gasteiger partial charge >= 0.3 is 0 Å². The Hall–Kier alpha value is -2.44. The first-order valence-electron chi connectivity index (χ1n) is 4.17. The number of nitrogens with zero attached hydrogens (tertiary/aromatic N) is 3. The first kappa shape index (κ1) is 9.13. The molecule has 0 saturated heterocycles. The van der Waals surface area contributed by atoms with E-state index in [2.05, 4.69) is 31.0 Å². The van der Waals surface area contributed by atoms with Gasteiger partial charge in [0.05, 0.1) is 11.9 Å². The van der Waals surface area contributed by atoms with Gasteiger partial charge in [-0.1, -0.05) is 0 Å². The second kappa shape index (κ2) is 4.18. The molecule has 0 bridgehead atoms. The van der Waals surface area contributed by atoms with Crippen LogP contribution in [0.25, 0.3) is 11.4 Å². The van der Waals surface area contributed by atoms with E-state index in [0.29, 0.717) is 17.9 Å². The Kier molecular flexibility index (Phi) is 2.54. The summed E-state index contributed by atoms with van der Waals surface area (Å²) in [7, 11) is 0. The van der Waals surface area contributed by atoms with E-state index in [0.717, 1.165) is 5.69 Å². The third-order valence-electron chi connectivity index (χ3n) is 1.68. The van der Waals surface area contributed by atoms with E-state index in [1.807, 2.05) is 0 Å². The zero-order chi connectivity index (χ0) is 10.5. The van der Waals surface area contributed by atoms with Crippen LogP contribution < -0.4 is 10.9 Å².